The first kappa shape index (κ1) is 12.7. The molecule has 0 aliphatic heterocycles. The quantitative estimate of drug-likeness (QED) is 0.916. The third-order valence-electron chi connectivity index (χ3n) is 3.09. The minimum absolute atomic E-state index is 0.0528. The lowest BCUT2D eigenvalue weighted by atomic mass is 9.83. The van der Waals surface area contributed by atoms with Crippen LogP contribution in [0.1, 0.15) is 31.7 Å². The van der Waals surface area contributed by atoms with Crippen molar-refractivity contribution in [1.29, 1.82) is 0 Å². The van der Waals surface area contributed by atoms with E-state index in [2.05, 4.69) is 34.9 Å². The highest BCUT2D eigenvalue weighted by Gasteiger charge is 2.25. The molecule has 0 bridgehead atoms. The molecule has 1 aromatic heterocycles. The second kappa shape index (κ2) is 4.66. The Morgan fingerprint density at radius 3 is 2.47 bits per heavy atom. The number of hydrogen-bond donors (Lipinski definition) is 1. The van der Waals surface area contributed by atoms with Gasteiger partial charge in [-0.3, -0.25) is 4.68 Å². The molecule has 0 aliphatic carbocycles. The number of nitrogens with zero attached hydrogens (tertiary/aromatic N) is 2. The van der Waals surface area contributed by atoms with Crippen molar-refractivity contribution in [2.24, 2.45) is 12.5 Å². The summed E-state index contributed by atoms with van der Waals surface area (Å²) in [6.45, 7) is 6.39. The van der Waals surface area contributed by atoms with Gasteiger partial charge in [0.05, 0.1) is 15.9 Å². The third kappa shape index (κ3) is 2.61. The van der Waals surface area contributed by atoms with Gasteiger partial charge in [-0.1, -0.05) is 13.8 Å². The van der Waals surface area contributed by atoms with Gasteiger partial charge in [-0.25, -0.2) is 0 Å². The van der Waals surface area contributed by atoms with Crippen molar-refractivity contribution in [3.8, 4) is 0 Å². The van der Waals surface area contributed by atoms with Gasteiger partial charge in [0.15, 0.2) is 0 Å². The summed E-state index contributed by atoms with van der Waals surface area (Å²) in [4.78, 5) is 0. The smallest absolute Gasteiger partial charge is 0.0738 e. The molecule has 0 saturated heterocycles. The van der Waals surface area contributed by atoms with Gasteiger partial charge in [0.2, 0.25) is 0 Å². The summed E-state index contributed by atoms with van der Waals surface area (Å²) < 4.78 is 2.96. The fourth-order valence-corrected chi connectivity index (χ4v) is 2.05. The Labute approximate surface area is 99.6 Å². The lowest BCUT2D eigenvalue weighted by molar-refractivity contribution is 0.135. The minimum atomic E-state index is -0.0528. The predicted molar refractivity (Wildman–Crippen MR) is 64.8 cm³/mol. The number of hydrogen-bond acceptors (Lipinski definition) is 2. The van der Waals surface area contributed by atoms with Gasteiger partial charge in [-0.05, 0) is 41.1 Å². The monoisotopic (exact) mass is 274 g/mol. The molecule has 1 aromatic rings. The summed E-state index contributed by atoms with van der Waals surface area (Å²) in [7, 11) is 1.94. The Morgan fingerprint density at radius 1 is 1.53 bits per heavy atom. The van der Waals surface area contributed by atoms with E-state index in [1.165, 1.54) is 0 Å². The average molecular weight is 275 g/mol. The Balaban J connectivity index is 2.98. The van der Waals surface area contributed by atoms with E-state index in [1.54, 1.807) is 0 Å². The molecule has 1 atom stereocenters. The highest BCUT2D eigenvalue weighted by Crippen LogP contribution is 2.30. The third-order valence-corrected chi connectivity index (χ3v) is 4.12. The first-order valence-corrected chi connectivity index (χ1v) is 6.01. The second-order valence-electron chi connectivity index (χ2n) is 4.47. The van der Waals surface area contributed by atoms with Crippen LogP contribution in [0.2, 0.25) is 0 Å². The van der Waals surface area contributed by atoms with E-state index in [4.69, 9.17) is 0 Å². The molecule has 1 N–H and O–H groups in total. The molecule has 1 unspecified atom stereocenters. The molecule has 0 saturated carbocycles. The van der Waals surface area contributed by atoms with E-state index in [0.29, 0.717) is 0 Å². The van der Waals surface area contributed by atoms with Crippen LogP contribution < -0.4 is 0 Å². The topological polar surface area (TPSA) is 38.1 Å². The van der Waals surface area contributed by atoms with Crippen LogP contribution in [-0.4, -0.2) is 21.5 Å². The maximum Gasteiger partial charge on any atom is 0.0738 e. The lowest BCUT2D eigenvalue weighted by Crippen LogP contribution is -2.24. The van der Waals surface area contributed by atoms with Gasteiger partial charge in [0.1, 0.15) is 0 Å². The van der Waals surface area contributed by atoms with Crippen molar-refractivity contribution in [2.75, 3.05) is 6.61 Å². The van der Waals surface area contributed by atoms with Crippen LogP contribution in [0.25, 0.3) is 0 Å². The van der Waals surface area contributed by atoms with Crippen molar-refractivity contribution in [3.05, 3.63) is 15.9 Å². The molecule has 0 aliphatic rings. The van der Waals surface area contributed by atoms with Crippen LogP contribution in [0.3, 0.4) is 0 Å². The molecule has 0 spiro atoms. The van der Waals surface area contributed by atoms with E-state index in [-0.39, 0.29) is 12.0 Å². The Bertz CT molecular complexity index is 343. The molecule has 0 amide bonds. The van der Waals surface area contributed by atoms with E-state index < -0.39 is 0 Å². The fraction of sp³-hybridized carbons (Fsp3) is 0.727. The predicted octanol–water partition coefficient (Wildman–Crippen LogP) is 2.44. The molecular weight excluding hydrogens is 256 g/mol. The highest BCUT2D eigenvalue weighted by atomic mass is 79.9. The van der Waals surface area contributed by atoms with Gasteiger partial charge in [-0.2, -0.15) is 5.10 Å². The highest BCUT2D eigenvalue weighted by molar-refractivity contribution is 9.10. The summed E-state index contributed by atoms with van der Waals surface area (Å²) in [5, 5.41) is 13.7. The SMILES string of the molecule is CCC(C)(CO)Cc1c(Br)c(C)nn1C. The molecule has 3 nitrogen and oxygen atoms in total. The van der Waals surface area contributed by atoms with Crippen molar-refractivity contribution >= 4 is 15.9 Å². The van der Waals surface area contributed by atoms with Crippen LogP contribution in [0.4, 0.5) is 0 Å². The molecule has 15 heavy (non-hydrogen) atoms. The number of aliphatic hydroxyl groups is 1. The zero-order chi connectivity index (χ0) is 11.6. The van der Waals surface area contributed by atoms with Gasteiger partial charge < -0.3 is 5.11 Å². The van der Waals surface area contributed by atoms with Gasteiger partial charge >= 0.3 is 0 Å². The van der Waals surface area contributed by atoms with Crippen molar-refractivity contribution in [3.63, 3.8) is 0 Å². The summed E-state index contributed by atoms with van der Waals surface area (Å²) >= 11 is 3.55. The number of halogens is 1. The standard InChI is InChI=1S/C11H19BrN2O/c1-5-11(3,7-15)6-9-10(12)8(2)13-14(9)4/h15H,5-7H2,1-4H3. The molecular formula is C11H19BrN2O. The van der Waals surface area contributed by atoms with E-state index in [9.17, 15) is 5.11 Å². The van der Waals surface area contributed by atoms with Gasteiger partial charge in [0, 0.05) is 13.7 Å². The number of aliphatic hydroxyl groups excluding tert-OH is 1. The van der Waals surface area contributed by atoms with Crippen LogP contribution in [0, 0.1) is 12.3 Å². The first-order valence-electron chi connectivity index (χ1n) is 5.22. The van der Waals surface area contributed by atoms with Crippen molar-refractivity contribution in [1.82, 2.24) is 9.78 Å². The van der Waals surface area contributed by atoms with Crippen molar-refractivity contribution < 1.29 is 5.11 Å². The van der Waals surface area contributed by atoms with Crippen LogP contribution in [0.5, 0.6) is 0 Å². The maximum absolute atomic E-state index is 9.39. The minimum Gasteiger partial charge on any atom is -0.396 e. The number of rotatable bonds is 4. The van der Waals surface area contributed by atoms with Gasteiger partial charge in [-0.15, -0.1) is 0 Å². The Kier molecular flexibility index (Phi) is 3.95. The maximum atomic E-state index is 9.39. The number of aryl methyl sites for hydroxylation is 2. The second-order valence-corrected chi connectivity index (χ2v) is 5.26. The lowest BCUT2D eigenvalue weighted by Gasteiger charge is -2.25. The van der Waals surface area contributed by atoms with E-state index in [0.717, 1.165) is 28.7 Å². The molecule has 1 heterocycles. The molecule has 1 rings (SSSR count). The molecule has 4 heteroatoms. The Hall–Kier alpha value is -0.350. The zero-order valence-corrected chi connectivity index (χ0v) is 11.4. The van der Waals surface area contributed by atoms with Crippen LogP contribution in [-0.2, 0) is 13.5 Å². The molecule has 0 fully saturated rings. The summed E-state index contributed by atoms with van der Waals surface area (Å²) in [5.74, 6) is 0. The van der Waals surface area contributed by atoms with E-state index >= 15 is 0 Å². The fourth-order valence-electron chi connectivity index (χ4n) is 1.57. The van der Waals surface area contributed by atoms with Crippen molar-refractivity contribution in [2.45, 2.75) is 33.6 Å². The summed E-state index contributed by atoms with van der Waals surface area (Å²) in [6.07, 6.45) is 1.80. The van der Waals surface area contributed by atoms with E-state index in [1.807, 2.05) is 18.7 Å². The largest absolute Gasteiger partial charge is 0.396 e. The number of aromatic nitrogens is 2. The summed E-state index contributed by atoms with van der Waals surface area (Å²) in [5.41, 5.74) is 2.11. The van der Waals surface area contributed by atoms with Crippen LogP contribution in [0.15, 0.2) is 4.47 Å². The zero-order valence-electron chi connectivity index (χ0n) is 9.84. The summed E-state index contributed by atoms with van der Waals surface area (Å²) in [6, 6.07) is 0. The molecule has 86 valence electrons. The normalized spacial score (nSPS) is 15.3. The molecule has 0 radical (unpaired) electrons. The molecule has 0 aromatic carbocycles. The average Bonchev–Trinajstić information content (AvgIpc) is 2.45. The van der Waals surface area contributed by atoms with Gasteiger partial charge in [0.25, 0.3) is 0 Å². The Morgan fingerprint density at radius 2 is 2.13 bits per heavy atom. The first-order chi connectivity index (χ1) is 6.93. The van der Waals surface area contributed by atoms with Crippen LogP contribution >= 0.6 is 15.9 Å².